The van der Waals surface area contributed by atoms with Crippen LogP contribution in [0.15, 0.2) is 0 Å². The Morgan fingerprint density at radius 2 is 0.958 bits per heavy atom. The minimum absolute atomic E-state index is 0.177. The lowest BCUT2D eigenvalue weighted by Gasteiger charge is -2.03. The predicted octanol–water partition coefficient (Wildman–Crippen LogP) is 6.38. The maximum Gasteiger partial charge on any atom is 0.305 e. The number of esters is 1. The van der Waals surface area contributed by atoms with Gasteiger partial charge in [-0.3, -0.25) is 9.59 Å². The zero-order valence-electron chi connectivity index (χ0n) is 16.2. The van der Waals surface area contributed by atoms with Crippen LogP contribution < -0.4 is 0 Å². The van der Waals surface area contributed by atoms with Crippen LogP contribution in [0, 0.1) is 0 Å². The monoisotopic (exact) mass is 340 g/mol. The van der Waals surface area contributed by atoms with Gasteiger partial charge in [0.1, 0.15) is 5.78 Å². The third-order valence-electron chi connectivity index (χ3n) is 4.62. The van der Waals surface area contributed by atoms with E-state index in [1.807, 2.05) is 0 Å². The Morgan fingerprint density at radius 1 is 0.583 bits per heavy atom. The number of hydrogen-bond donors (Lipinski definition) is 0. The van der Waals surface area contributed by atoms with E-state index in [1.54, 1.807) is 0 Å². The molecule has 0 rings (SSSR count). The van der Waals surface area contributed by atoms with E-state index in [4.69, 9.17) is 0 Å². The van der Waals surface area contributed by atoms with E-state index in [1.165, 1.54) is 77.7 Å². The van der Waals surface area contributed by atoms with Crippen molar-refractivity contribution in [2.24, 2.45) is 0 Å². The molecule has 0 amide bonds. The molecule has 0 aromatic heterocycles. The first kappa shape index (κ1) is 23.1. The molecule has 0 fully saturated rings. The van der Waals surface area contributed by atoms with Gasteiger partial charge in [0.15, 0.2) is 0 Å². The summed E-state index contributed by atoms with van der Waals surface area (Å²) >= 11 is 0. The van der Waals surface area contributed by atoms with E-state index in [-0.39, 0.29) is 5.97 Å². The molecule has 0 aliphatic heterocycles. The molecule has 0 aliphatic carbocycles. The van der Waals surface area contributed by atoms with Crippen LogP contribution in [0.1, 0.15) is 116 Å². The zero-order chi connectivity index (χ0) is 17.9. The van der Waals surface area contributed by atoms with Gasteiger partial charge in [-0.15, -0.1) is 0 Å². The van der Waals surface area contributed by atoms with E-state index in [0.717, 1.165) is 25.7 Å². The van der Waals surface area contributed by atoms with E-state index in [0.29, 0.717) is 18.6 Å². The molecule has 0 atom stereocenters. The molecule has 24 heavy (non-hydrogen) atoms. The van der Waals surface area contributed by atoms with E-state index in [2.05, 4.69) is 11.7 Å². The van der Waals surface area contributed by atoms with Crippen molar-refractivity contribution in [3.8, 4) is 0 Å². The second-order valence-electron chi connectivity index (χ2n) is 6.96. The Hall–Kier alpha value is -0.860. The molecule has 3 nitrogen and oxygen atoms in total. The fourth-order valence-electron chi connectivity index (χ4n) is 2.98. The number of ketones is 1. The smallest absolute Gasteiger partial charge is 0.305 e. The molecule has 0 saturated heterocycles. The SMILES string of the molecule is CCCCCCCCCCCCCCC(=O)CCCCC(=O)OC. The van der Waals surface area contributed by atoms with Gasteiger partial charge in [0.2, 0.25) is 0 Å². The third kappa shape index (κ3) is 17.5. The molecule has 0 heterocycles. The minimum Gasteiger partial charge on any atom is -0.469 e. The number of Topliss-reactive ketones (excluding diaryl/α,β-unsaturated/α-hetero) is 1. The lowest BCUT2D eigenvalue weighted by molar-refractivity contribution is -0.140. The minimum atomic E-state index is -0.177. The lowest BCUT2D eigenvalue weighted by Crippen LogP contribution is -2.01. The average molecular weight is 341 g/mol. The highest BCUT2D eigenvalue weighted by Gasteiger charge is 2.04. The van der Waals surface area contributed by atoms with Gasteiger partial charge in [0, 0.05) is 19.3 Å². The van der Waals surface area contributed by atoms with Crippen molar-refractivity contribution in [2.45, 2.75) is 116 Å². The second-order valence-corrected chi connectivity index (χ2v) is 6.96. The number of methoxy groups -OCH3 is 1. The Bertz CT molecular complexity index is 299. The Balaban J connectivity index is 3.18. The first-order chi connectivity index (χ1) is 11.7. The third-order valence-corrected chi connectivity index (χ3v) is 4.62. The predicted molar refractivity (Wildman–Crippen MR) is 101 cm³/mol. The van der Waals surface area contributed by atoms with Crippen molar-refractivity contribution in [3.63, 3.8) is 0 Å². The maximum absolute atomic E-state index is 11.7. The van der Waals surface area contributed by atoms with Crippen LogP contribution in [-0.2, 0) is 14.3 Å². The van der Waals surface area contributed by atoms with Crippen molar-refractivity contribution >= 4 is 11.8 Å². The van der Waals surface area contributed by atoms with Gasteiger partial charge in [0.25, 0.3) is 0 Å². The number of hydrogen-bond acceptors (Lipinski definition) is 3. The van der Waals surface area contributed by atoms with Gasteiger partial charge >= 0.3 is 5.97 Å². The fourth-order valence-corrected chi connectivity index (χ4v) is 2.98. The number of carbonyl (C=O) groups excluding carboxylic acids is 2. The van der Waals surface area contributed by atoms with Gasteiger partial charge in [-0.1, -0.05) is 77.6 Å². The van der Waals surface area contributed by atoms with Crippen LogP contribution in [0.5, 0.6) is 0 Å². The van der Waals surface area contributed by atoms with Crippen LogP contribution in [0.2, 0.25) is 0 Å². The summed E-state index contributed by atoms with van der Waals surface area (Å²) in [4.78, 5) is 22.7. The van der Waals surface area contributed by atoms with Crippen molar-refractivity contribution in [2.75, 3.05) is 7.11 Å². The summed E-state index contributed by atoms with van der Waals surface area (Å²) < 4.78 is 4.58. The number of unbranched alkanes of at least 4 members (excludes halogenated alkanes) is 12. The summed E-state index contributed by atoms with van der Waals surface area (Å²) in [5.41, 5.74) is 0. The molecule has 0 aliphatic rings. The molecule has 3 heteroatoms. The summed E-state index contributed by atoms with van der Waals surface area (Å²) in [6.45, 7) is 2.26. The average Bonchev–Trinajstić information content (AvgIpc) is 2.59. The number of ether oxygens (including phenoxy) is 1. The second kappa shape index (κ2) is 18.5. The van der Waals surface area contributed by atoms with Crippen LogP contribution in [0.25, 0.3) is 0 Å². The van der Waals surface area contributed by atoms with Gasteiger partial charge < -0.3 is 4.74 Å². The fraction of sp³-hybridized carbons (Fsp3) is 0.905. The van der Waals surface area contributed by atoms with Gasteiger partial charge in [0.05, 0.1) is 7.11 Å². The topological polar surface area (TPSA) is 43.4 Å². The molecule has 0 spiro atoms. The summed E-state index contributed by atoms with van der Waals surface area (Å²) in [6.07, 6.45) is 19.2. The molecule has 0 N–H and O–H groups in total. The highest BCUT2D eigenvalue weighted by molar-refractivity contribution is 5.78. The highest BCUT2D eigenvalue weighted by atomic mass is 16.5. The molecule has 0 radical (unpaired) electrons. The van der Waals surface area contributed by atoms with Crippen LogP contribution >= 0.6 is 0 Å². The Morgan fingerprint density at radius 3 is 1.42 bits per heavy atom. The first-order valence-electron chi connectivity index (χ1n) is 10.3. The molecule has 0 bridgehead atoms. The largest absolute Gasteiger partial charge is 0.469 e. The first-order valence-corrected chi connectivity index (χ1v) is 10.3. The van der Waals surface area contributed by atoms with E-state index < -0.39 is 0 Å². The molecule has 0 unspecified atom stereocenters. The molecule has 0 aromatic rings. The molecule has 0 saturated carbocycles. The van der Waals surface area contributed by atoms with Crippen LogP contribution in [0.4, 0.5) is 0 Å². The number of carbonyl (C=O) groups is 2. The summed E-state index contributed by atoms with van der Waals surface area (Å²) in [5.74, 6) is 0.176. The number of rotatable bonds is 18. The highest BCUT2D eigenvalue weighted by Crippen LogP contribution is 2.13. The standard InChI is InChI=1S/C21H40O3/c1-3-4-5-6-7-8-9-10-11-12-13-14-17-20(22)18-15-16-19-21(23)24-2/h3-19H2,1-2H3. The Kier molecular flexibility index (Phi) is 17.8. The Labute approximate surface area is 149 Å². The van der Waals surface area contributed by atoms with Gasteiger partial charge in [-0.25, -0.2) is 0 Å². The van der Waals surface area contributed by atoms with Crippen molar-refractivity contribution < 1.29 is 14.3 Å². The molecule has 142 valence electrons. The van der Waals surface area contributed by atoms with E-state index in [9.17, 15) is 9.59 Å². The molecular weight excluding hydrogens is 300 g/mol. The molecular formula is C21H40O3. The van der Waals surface area contributed by atoms with Crippen molar-refractivity contribution in [3.05, 3.63) is 0 Å². The molecule has 0 aromatic carbocycles. The lowest BCUT2D eigenvalue weighted by atomic mass is 10.0. The van der Waals surface area contributed by atoms with E-state index >= 15 is 0 Å². The summed E-state index contributed by atoms with van der Waals surface area (Å²) in [5, 5.41) is 0. The van der Waals surface area contributed by atoms with Gasteiger partial charge in [-0.05, 0) is 19.3 Å². The van der Waals surface area contributed by atoms with Crippen LogP contribution in [0.3, 0.4) is 0 Å². The maximum atomic E-state index is 11.7. The summed E-state index contributed by atoms with van der Waals surface area (Å²) in [6, 6.07) is 0. The summed E-state index contributed by atoms with van der Waals surface area (Å²) in [7, 11) is 1.40. The van der Waals surface area contributed by atoms with Crippen LogP contribution in [-0.4, -0.2) is 18.9 Å². The van der Waals surface area contributed by atoms with Crippen molar-refractivity contribution in [1.29, 1.82) is 0 Å². The van der Waals surface area contributed by atoms with Gasteiger partial charge in [-0.2, -0.15) is 0 Å². The normalized spacial score (nSPS) is 10.8. The zero-order valence-corrected chi connectivity index (χ0v) is 16.2. The van der Waals surface area contributed by atoms with Crippen molar-refractivity contribution in [1.82, 2.24) is 0 Å². The quantitative estimate of drug-likeness (QED) is 0.215.